The first-order valence-corrected chi connectivity index (χ1v) is 12.5. The van der Waals surface area contributed by atoms with E-state index < -0.39 is 16.9 Å². The van der Waals surface area contributed by atoms with Crippen molar-refractivity contribution in [3.63, 3.8) is 0 Å². The van der Waals surface area contributed by atoms with Crippen LogP contribution in [0.1, 0.15) is 29.4 Å². The van der Waals surface area contributed by atoms with E-state index in [-0.39, 0.29) is 49.1 Å². The number of nitrogens with zero attached hydrogens (tertiary/aromatic N) is 4. The molecule has 0 spiro atoms. The number of pyridine rings is 1. The second kappa shape index (κ2) is 13.7. The number of rotatable bonds is 7. The Kier molecular flexibility index (Phi) is 11.7. The maximum Gasteiger partial charge on any atom is 0.434 e. The highest BCUT2D eigenvalue weighted by molar-refractivity contribution is 6.31. The molecule has 3 aromatic heterocycles. The molecule has 214 valence electrons. The summed E-state index contributed by atoms with van der Waals surface area (Å²) in [6.45, 7) is 2.76. The molecule has 0 amide bonds. The monoisotopic (exact) mass is 644 g/mol. The van der Waals surface area contributed by atoms with Crippen LogP contribution in [-0.4, -0.2) is 39.1 Å². The van der Waals surface area contributed by atoms with Crippen LogP contribution >= 0.6 is 48.0 Å². The van der Waals surface area contributed by atoms with Crippen LogP contribution in [-0.2, 0) is 26.2 Å². The van der Waals surface area contributed by atoms with E-state index in [4.69, 9.17) is 23.2 Å². The lowest BCUT2D eigenvalue weighted by Crippen LogP contribution is -3.00. The van der Waals surface area contributed by atoms with Gasteiger partial charge in [0.25, 0.3) is 0 Å². The summed E-state index contributed by atoms with van der Waals surface area (Å²) in [6.07, 6.45) is 3.24. The first-order chi connectivity index (χ1) is 17.2. The minimum atomic E-state index is -4.60. The van der Waals surface area contributed by atoms with Crippen molar-refractivity contribution < 1.29 is 30.1 Å². The molecule has 0 saturated carbocycles. The Bertz CT molecular complexity index is 1390. The Balaban J connectivity index is 0.00000178. The third-order valence-electron chi connectivity index (χ3n) is 6.63. The molecule has 0 saturated heterocycles. The Hall–Kier alpha value is -1.88. The molecule has 4 heterocycles. The van der Waals surface area contributed by atoms with Crippen LogP contribution in [0.25, 0.3) is 10.9 Å². The summed E-state index contributed by atoms with van der Waals surface area (Å²) in [5, 5.41) is 4.49. The normalized spacial score (nSPS) is 15.2. The third kappa shape index (κ3) is 7.45. The van der Waals surface area contributed by atoms with Crippen LogP contribution in [0.15, 0.2) is 49.1 Å². The number of aromatic nitrogens is 4. The molecule has 4 aromatic rings. The Labute approximate surface area is 253 Å². The van der Waals surface area contributed by atoms with E-state index in [0.29, 0.717) is 18.1 Å². The number of alkyl halides is 3. The zero-order valence-electron chi connectivity index (χ0n) is 20.8. The van der Waals surface area contributed by atoms with Crippen molar-refractivity contribution in [3.8, 4) is 0 Å². The van der Waals surface area contributed by atoms with Gasteiger partial charge in [0.05, 0.1) is 24.7 Å². The Morgan fingerprint density at radius 1 is 1.18 bits per heavy atom. The molecular weight excluding hydrogens is 619 g/mol. The van der Waals surface area contributed by atoms with Crippen LogP contribution in [0.4, 0.5) is 19.0 Å². The van der Waals surface area contributed by atoms with Crippen molar-refractivity contribution in [1.82, 2.24) is 19.4 Å². The molecular formula is C25H28Cl5F3N6. The van der Waals surface area contributed by atoms with Crippen molar-refractivity contribution in [1.29, 1.82) is 0 Å². The number of anilines is 1. The molecule has 0 aliphatic carbocycles. The van der Waals surface area contributed by atoms with E-state index in [0.717, 1.165) is 36.8 Å². The number of aryl methyl sites for hydroxylation is 2. The number of nitrogens with one attached hydrogen (secondary N) is 2. The van der Waals surface area contributed by atoms with Gasteiger partial charge in [0.15, 0.2) is 5.69 Å². The SMILES string of the molecule is Cl.Cl.Cn1cc[n+](CCC2c3[nH]c4ccc(Cl)cc4c3CCN2CCNc2ccc(Cl)c(C(F)(F)F)n2)c1.[Cl-]. The molecule has 5 rings (SSSR count). The average Bonchev–Trinajstić information content (AvgIpc) is 3.41. The van der Waals surface area contributed by atoms with Gasteiger partial charge >= 0.3 is 6.18 Å². The summed E-state index contributed by atoms with van der Waals surface area (Å²) in [7, 11) is 1.99. The lowest BCUT2D eigenvalue weighted by atomic mass is 9.95. The lowest BCUT2D eigenvalue weighted by Gasteiger charge is -2.35. The number of H-pyrrole nitrogens is 1. The van der Waals surface area contributed by atoms with E-state index in [2.05, 4.69) is 24.8 Å². The summed E-state index contributed by atoms with van der Waals surface area (Å²) >= 11 is 12.0. The Morgan fingerprint density at radius 3 is 2.64 bits per heavy atom. The highest BCUT2D eigenvalue weighted by Crippen LogP contribution is 2.37. The molecule has 2 N–H and O–H groups in total. The van der Waals surface area contributed by atoms with Crippen LogP contribution < -0.4 is 22.3 Å². The minimum Gasteiger partial charge on any atom is -1.00 e. The van der Waals surface area contributed by atoms with Gasteiger partial charge in [0, 0.05) is 47.7 Å². The van der Waals surface area contributed by atoms with E-state index in [9.17, 15) is 13.2 Å². The number of hydrogen-bond donors (Lipinski definition) is 2. The van der Waals surface area contributed by atoms with E-state index in [1.165, 1.54) is 23.4 Å². The van der Waals surface area contributed by atoms with Gasteiger partial charge in [-0.1, -0.05) is 23.2 Å². The molecule has 0 radical (unpaired) electrons. The second-order valence-corrected chi connectivity index (χ2v) is 9.91. The maximum absolute atomic E-state index is 13.2. The van der Waals surface area contributed by atoms with Crippen LogP contribution in [0.5, 0.6) is 0 Å². The topological polar surface area (TPSA) is 52.8 Å². The highest BCUT2D eigenvalue weighted by Gasteiger charge is 2.35. The van der Waals surface area contributed by atoms with Gasteiger partial charge in [-0.25, -0.2) is 14.1 Å². The molecule has 1 atom stereocenters. The van der Waals surface area contributed by atoms with Crippen molar-refractivity contribution in [3.05, 3.63) is 76.0 Å². The van der Waals surface area contributed by atoms with Crippen molar-refractivity contribution >= 4 is 64.7 Å². The van der Waals surface area contributed by atoms with Gasteiger partial charge in [-0.05, 0) is 42.3 Å². The summed E-state index contributed by atoms with van der Waals surface area (Å²) < 4.78 is 43.7. The number of hydrogen-bond acceptors (Lipinski definition) is 3. The van der Waals surface area contributed by atoms with E-state index in [1.807, 2.05) is 48.5 Å². The lowest BCUT2D eigenvalue weighted by molar-refractivity contribution is -0.697. The maximum atomic E-state index is 13.2. The van der Waals surface area contributed by atoms with E-state index >= 15 is 0 Å². The van der Waals surface area contributed by atoms with Gasteiger partial charge in [0.2, 0.25) is 6.33 Å². The standard InChI is InChI=1S/C25H26Cl2F3N6.3ClH/c1-34-12-13-35(15-34)9-7-21-23-17(18-14-16(26)2-4-20(18)32-23)6-10-36(21)11-8-31-22-5-3-19(27)24(33-22)25(28,29)30;;;/h2-5,12-15,21,32H,6-11H2,1H3,(H,31,33);3*1H/q+1;;;/p-1. The zero-order valence-corrected chi connectivity index (χ0v) is 24.7. The minimum absolute atomic E-state index is 0. The summed E-state index contributed by atoms with van der Waals surface area (Å²) in [6, 6.07) is 8.72. The second-order valence-electron chi connectivity index (χ2n) is 9.07. The van der Waals surface area contributed by atoms with Crippen molar-refractivity contribution in [2.75, 3.05) is 25.0 Å². The number of benzene rings is 1. The predicted molar refractivity (Wildman–Crippen MR) is 149 cm³/mol. The predicted octanol–water partition coefficient (Wildman–Crippen LogP) is 3.46. The smallest absolute Gasteiger partial charge is 0.434 e. The van der Waals surface area contributed by atoms with E-state index in [1.54, 1.807) is 0 Å². The van der Waals surface area contributed by atoms with Crippen LogP contribution in [0.2, 0.25) is 10.0 Å². The molecule has 39 heavy (non-hydrogen) atoms. The molecule has 0 fully saturated rings. The number of aromatic amines is 1. The van der Waals surface area contributed by atoms with Gasteiger partial charge in [-0.3, -0.25) is 4.90 Å². The fourth-order valence-corrected chi connectivity index (χ4v) is 5.34. The quantitative estimate of drug-likeness (QED) is 0.303. The molecule has 1 aromatic carbocycles. The number of imidazole rings is 1. The van der Waals surface area contributed by atoms with Crippen LogP contribution in [0.3, 0.4) is 0 Å². The molecule has 6 nitrogen and oxygen atoms in total. The van der Waals surface area contributed by atoms with Gasteiger partial charge in [0.1, 0.15) is 18.2 Å². The molecule has 14 heteroatoms. The number of halogens is 8. The fourth-order valence-electron chi connectivity index (χ4n) is 4.96. The molecule has 0 bridgehead atoms. The zero-order chi connectivity index (χ0) is 25.4. The first-order valence-electron chi connectivity index (χ1n) is 11.7. The van der Waals surface area contributed by atoms with Crippen molar-refractivity contribution in [2.45, 2.75) is 31.6 Å². The average molecular weight is 647 g/mol. The van der Waals surface area contributed by atoms with Crippen molar-refractivity contribution in [2.24, 2.45) is 7.05 Å². The largest absolute Gasteiger partial charge is 1.00 e. The van der Waals surface area contributed by atoms with Crippen LogP contribution in [0, 0.1) is 0 Å². The van der Waals surface area contributed by atoms with Gasteiger partial charge in [-0.2, -0.15) is 13.2 Å². The molecule has 1 aliphatic heterocycles. The molecule has 1 aliphatic rings. The fraction of sp³-hybridized carbons (Fsp3) is 0.360. The summed E-state index contributed by atoms with van der Waals surface area (Å²) in [5.41, 5.74) is 2.45. The Morgan fingerprint density at radius 2 is 1.95 bits per heavy atom. The summed E-state index contributed by atoms with van der Waals surface area (Å²) in [4.78, 5) is 9.67. The number of fused-ring (bicyclic) bond motifs is 3. The first kappa shape index (κ1) is 33.3. The summed E-state index contributed by atoms with van der Waals surface area (Å²) in [5.74, 6) is 0.154. The third-order valence-corrected chi connectivity index (χ3v) is 7.17. The van der Waals surface area contributed by atoms with Gasteiger partial charge < -0.3 is 22.7 Å². The van der Waals surface area contributed by atoms with Gasteiger partial charge in [-0.15, -0.1) is 24.8 Å². The highest BCUT2D eigenvalue weighted by atomic mass is 35.5. The molecule has 1 unspecified atom stereocenters.